The van der Waals surface area contributed by atoms with Crippen LogP contribution in [0.25, 0.3) is 0 Å². The fourth-order valence-electron chi connectivity index (χ4n) is 3.52. The molecule has 164 valence electrons. The molecule has 1 aliphatic carbocycles. The number of nitrogens with zero attached hydrogens (tertiary/aromatic N) is 1. The first-order valence-electron chi connectivity index (χ1n) is 9.83. The number of fused-ring (bicyclic) bond motifs is 1. The average Bonchev–Trinajstić information content (AvgIpc) is 3.34. The number of sulfonamides is 1. The van der Waals surface area contributed by atoms with Crippen molar-refractivity contribution in [3.8, 4) is 0 Å². The molecule has 0 spiro atoms. The molecule has 0 unspecified atom stereocenters. The van der Waals surface area contributed by atoms with E-state index in [0.717, 1.165) is 29.7 Å². The third kappa shape index (κ3) is 4.63. The summed E-state index contributed by atoms with van der Waals surface area (Å²) in [6.45, 7) is 7.49. The monoisotopic (exact) mass is 459 g/mol. The van der Waals surface area contributed by atoms with Gasteiger partial charge in [-0.05, 0) is 49.1 Å². The lowest BCUT2D eigenvalue weighted by Gasteiger charge is -2.19. The quantitative estimate of drug-likeness (QED) is 0.563. The van der Waals surface area contributed by atoms with Gasteiger partial charge in [-0.25, -0.2) is 8.42 Å². The van der Waals surface area contributed by atoms with Crippen molar-refractivity contribution in [2.75, 3.05) is 25.5 Å². The van der Waals surface area contributed by atoms with Gasteiger partial charge in [-0.2, -0.15) is 4.31 Å². The minimum absolute atomic E-state index is 0.0777. The molecule has 1 aromatic carbocycles. The van der Waals surface area contributed by atoms with E-state index in [9.17, 15) is 18.0 Å². The van der Waals surface area contributed by atoms with Gasteiger partial charge in [0.2, 0.25) is 10.0 Å². The van der Waals surface area contributed by atoms with Crippen LogP contribution in [0.1, 0.15) is 37.6 Å². The zero-order valence-electron chi connectivity index (χ0n) is 17.3. The molecule has 3 rings (SSSR count). The van der Waals surface area contributed by atoms with Gasteiger partial charge in [0.1, 0.15) is 5.00 Å². The molecule has 0 aliphatic heterocycles. The Labute approximate surface area is 186 Å². The number of amides is 2. The fourth-order valence-corrected chi connectivity index (χ4v) is 6.18. The van der Waals surface area contributed by atoms with Crippen LogP contribution in [0, 0.1) is 0 Å². The lowest BCUT2D eigenvalue weighted by atomic mass is 10.1. The van der Waals surface area contributed by atoms with E-state index in [1.165, 1.54) is 52.1 Å². The molecular formula is C22H25N3O4S2. The third-order valence-electron chi connectivity index (χ3n) is 5.02. The number of rotatable bonds is 9. The van der Waals surface area contributed by atoms with Crippen LogP contribution in [-0.2, 0) is 22.9 Å². The third-order valence-corrected chi connectivity index (χ3v) is 8.08. The molecule has 0 fully saturated rings. The van der Waals surface area contributed by atoms with Crippen molar-refractivity contribution >= 4 is 38.2 Å². The minimum Gasteiger partial charge on any atom is -0.355 e. The first kappa shape index (κ1) is 22.9. The van der Waals surface area contributed by atoms with Gasteiger partial charge in [0.15, 0.2) is 0 Å². The number of benzene rings is 1. The second-order valence-corrected chi connectivity index (χ2v) is 10.1. The summed E-state index contributed by atoms with van der Waals surface area (Å²) in [4.78, 5) is 26.3. The SMILES string of the molecule is C=CCN(CC=C)S(=O)(=O)c1ccc(C(=O)Nc2sc3c(c2C(=O)NC)CCC3)cc1. The van der Waals surface area contributed by atoms with Crippen LogP contribution in [0.2, 0.25) is 0 Å². The van der Waals surface area contributed by atoms with Crippen molar-refractivity contribution < 1.29 is 18.0 Å². The van der Waals surface area contributed by atoms with Gasteiger partial charge in [-0.3, -0.25) is 9.59 Å². The van der Waals surface area contributed by atoms with Gasteiger partial charge >= 0.3 is 0 Å². The van der Waals surface area contributed by atoms with Gasteiger partial charge in [0, 0.05) is 30.6 Å². The van der Waals surface area contributed by atoms with Crippen LogP contribution in [0.5, 0.6) is 0 Å². The largest absolute Gasteiger partial charge is 0.355 e. The van der Waals surface area contributed by atoms with Crippen molar-refractivity contribution in [1.29, 1.82) is 0 Å². The zero-order chi connectivity index (χ0) is 22.6. The summed E-state index contributed by atoms with van der Waals surface area (Å²) in [5, 5.41) is 5.98. The van der Waals surface area contributed by atoms with Crippen LogP contribution in [0.3, 0.4) is 0 Å². The first-order valence-corrected chi connectivity index (χ1v) is 12.1. The Balaban J connectivity index is 1.83. The number of hydrogen-bond acceptors (Lipinski definition) is 5. The summed E-state index contributed by atoms with van der Waals surface area (Å²) in [5.41, 5.74) is 1.83. The normalized spacial score (nSPS) is 13.0. The van der Waals surface area contributed by atoms with Crippen molar-refractivity contribution in [2.45, 2.75) is 24.2 Å². The molecule has 0 saturated heterocycles. The van der Waals surface area contributed by atoms with Crippen molar-refractivity contribution in [3.05, 3.63) is 71.1 Å². The fraction of sp³-hybridized carbons (Fsp3) is 0.273. The van der Waals surface area contributed by atoms with Crippen molar-refractivity contribution in [1.82, 2.24) is 9.62 Å². The van der Waals surface area contributed by atoms with Gasteiger partial charge in [0.05, 0.1) is 10.5 Å². The second kappa shape index (κ2) is 9.59. The molecule has 0 atom stereocenters. The molecule has 2 aromatic rings. The van der Waals surface area contributed by atoms with Crippen molar-refractivity contribution in [3.63, 3.8) is 0 Å². The molecule has 9 heteroatoms. The number of aryl methyl sites for hydroxylation is 1. The standard InChI is InChI=1S/C22H25N3O4S2/c1-4-13-25(14-5-2)31(28,29)16-11-9-15(10-12-16)20(26)24-22-19(21(27)23-3)17-7-6-8-18(17)30-22/h4-5,9-12H,1-2,6-8,13-14H2,3H3,(H,23,27)(H,24,26). The number of nitrogens with one attached hydrogen (secondary N) is 2. The molecule has 2 amide bonds. The molecule has 0 radical (unpaired) electrons. The highest BCUT2D eigenvalue weighted by Gasteiger charge is 2.27. The van der Waals surface area contributed by atoms with Gasteiger partial charge in [0.25, 0.3) is 11.8 Å². The molecule has 7 nitrogen and oxygen atoms in total. The molecule has 0 bridgehead atoms. The predicted molar refractivity (Wildman–Crippen MR) is 123 cm³/mol. The average molecular weight is 460 g/mol. The summed E-state index contributed by atoms with van der Waals surface area (Å²) in [6.07, 6.45) is 5.74. The maximum absolute atomic E-state index is 12.8. The van der Waals surface area contributed by atoms with Gasteiger partial charge in [-0.1, -0.05) is 12.2 Å². The summed E-state index contributed by atoms with van der Waals surface area (Å²) < 4.78 is 26.8. The Kier molecular flexibility index (Phi) is 7.09. The maximum atomic E-state index is 12.8. The molecule has 0 saturated carbocycles. The number of anilines is 1. The minimum atomic E-state index is -3.74. The first-order chi connectivity index (χ1) is 14.8. The lowest BCUT2D eigenvalue weighted by molar-refractivity contribution is 0.0963. The van der Waals surface area contributed by atoms with Crippen LogP contribution in [-0.4, -0.2) is 44.7 Å². The van der Waals surface area contributed by atoms with E-state index in [-0.39, 0.29) is 23.9 Å². The smallest absolute Gasteiger partial charge is 0.256 e. The molecule has 1 heterocycles. The second-order valence-electron chi connectivity index (χ2n) is 7.02. The summed E-state index contributed by atoms with van der Waals surface area (Å²) in [5.74, 6) is -0.622. The number of carbonyl (C=O) groups excluding carboxylic acids is 2. The summed E-state index contributed by atoms with van der Waals surface area (Å²) in [6, 6.07) is 5.72. The maximum Gasteiger partial charge on any atom is 0.256 e. The predicted octanol–water partition coefficient (Wildman–Crippen LogP) is 3.21. The number of carbonyl (C=O) groups is 2. The Morgan fingerprint density at radius 3 is 2.32 bits per heavy atom. The number of thiophene rings is 1. The van der Waals surface area contributed by atoms with Crippen molar-refractivity contribution in [2.24, 2.45) is 0 Å². The van der Waals surface area contributed by atoms with Gasteiger partial charge in [-0.15, -0.1) is 24.5 Å². The topological polar surface area (TPSA) is 95.6 Å². The number of hydrogen-bond donors (Lipinski definition) is 2. The molecule has 1 aliphatic rings. The van der Waals surface area contributed by atoms with Crippen LogP contribution in [0.15, 0.2) is 54.5 Å². The molecular weight excluding hydrogens is 434 g/mol. The molecule has 2 N–H and O–H groups in total. The lowest BCUT2D eigenvalue weighted by Crippen LogP contribution is -2.31. The Morgan fingerprint density at radius 1 is 1.10 bits per heavy atom. The van der Waals surface area contributed by atoms with E-state index in [1.54, 1.807) is 7.05 Å². The highest BCUT2D eigenvalue weighted by molar-refractivity contribution is 7.89. The Morgan fingerprint density at radius 2 is 1.74 bits per heavy atom. The molecule has 1 aromatic heterocycles. The Bertz CT molecular complexity index is 1110. The van der Waals surface area contributed by atoms with Crippen LogP contribution < -0.4 is 10.6 Å². The van der Waals surface area contributed by atoms with E-state index in [4.69, 9.17) is 0 Å². The summed E-state index contributed by atoms with van der Waals surface area (Å²) >= 11 is 1.42. The summed E-state index contributed by atoms with van der Waals surface area (Å²) in [7, 11) is -2.17. The zero-order valence-corrected chi connectivity index (χ0v) is 18.9. The van der Waals surface area contributed by atoms with E-state index in [2.05, 4.69) is 23.8 Å². The highest BCUT2D eigenvalue weighted by atomic mass is 32.2. The molecule has 31 heavy (non-hydrogen) atoms. The van der Waals surface area contributed by atoms with E-state index < -0.39 is 15.9 Å². The van der Waals surface area contributed by atoms with E-state index >= 15 is 0 Å². The van der Waals surface area contributed by atoms with E-state index in [1.807, 2.05) is 0 Å². The van der Waals surface area contributed by atoms with Crippen LogP contribution in [0.4, 0.5) is 5.00 Å². The Hall–Kier alpha value is -2.75. The highest BCUT2D eigenvalue weighted by Crippen LogP contribution is 2.39. The van der Waals surface area contributed by atoms with E-state index in [0.29, 0.717) is 16.1 Å². The van der Waals surface area contributed by atoms with Gasteiger partial charge < -0.3 is 10.6 Å². The van der Waals surface area contributed by atoms with Crippen LogP contribution >= 0.6 is 11.3 Å².